The molecule has 0 rings (SSSR count). The molecule has 0 aliphatic heterocycles. The summed E-state index contributed by atoms with van der Waals surface area (Å²) in [6.07, 6.45) is 1.95. The van der Waals surface area contributed by atoms with E-state index in [9.17, 15) is 8.42 Å². The summed E-state index contributed by atoms with van der Waals surface area (Å²) in [5.74, 6) is 0.195. The summed E-state index contributed by atoms with van der Waals surface area (Å²) < 4.78 is 24.6. The van der Waals surface area contributed by atoms with Gasteiger partial charge in [-0.25, -0.2) is 12.7 Å². The molecule has 0 aromatic rings. The third-order valence-corrected chi connectivity index (χ3v) is 3.94. The standard InChI is InChI=1S/C9H22N2O2S/c1-4-6-8-11(3)14(12,13)9-7-10-5-2/h10H,4-9H2,1-3H3. The molecular formula is C9H22N2O2S. The van der Waals surface area contributed by atoms with Crippen LogP contribution in [0.2, 0.25) is 0 Å². The molecule has 5 heteroatoms. The minimum absolute atomic E-state index is 0.195. The molecule has 0 aliphatic rings. The summed E-state index contributed by atoms with van der Waals surface area (Å²) in [7, 11) is -1.38. The molecule has 0 atom stereocenters. The molecule has 0 radical (unpaired) electrons. The highest BCUT2D eigenvalue weighted by molar-refractivity contribution is 7.89. The molecule has 14 heavy (non-hydrogen) atoms. The van der Waals surface area contributed by atoms with Crippen molar-refractivity contribution in [3.8, 4) is 0 Å². The maximum Gasteiger partial charge on any atom is 0.215 e. The molecule has 4 nitrogen and oxygen atoms in total. The van der Waals surface area contributed by atoms with Crippen molar-refractivity contribution < 1.29 is 8.42 Å². The minimum Gasteiger partial charge on any atom is -0.316 e. The average Bonchev–Trinajstić information content (AvgIpc) is 2.14. The largest absolute Gasteiger partial charge is 0.316 e. The highest BCUT2D eigenvalue weighted by Crippen LogP contribution is 2.00. The lowest BCUT2D eigenvalue weighted by Gasteiger charge is -2.16. The first-order chi connectivity index (χ1) is 6.54. The van der Waals surface area contributed by atoms with E-state index in [4.69, 9.17) is 0 Å². The Morgan fingerprint density at radius 2 is 1.93 bits per heavy atom. The van der Waals surface area contributed by atoms with Crippen LogP contribution in [0.4, 0.5) is 0 Å². The zero-order valence-corrected chi connectivity index (χ0v) is 10.2. The van der Waals surface area contributed by atoms with Gasteiger partial charge in [-0.3, -0.25) is 0 Å². The number of hydrogen-bond acceptors (Lipinski definition) is 3. The molecule has 0 spiro atoms. The molecule has 0 saturated heterocycles. The van der Waals surface area contributed by atoms with Crippen LogP contribution in [0.3, 0.4) is 0 Å². The lowest BCUT2D eigenvalue weighted by molar-refractivity contribution is 0.458. The Labute approximate surface area is 87.7 Å². The second-order valence-corrected chi connectivity index (χ2v) is 5.54. The van der Waals surface area contributed by atoms with Gasteiger partial charge in [0, 0.05) is 20.1 Å². The van der Waals surface area contributed by atoms with E-state index in [0.717, 1.165) is 19.4 Å². The van der Waals surface area contributed by atoms with E-state index in [1.807, 2.05) is 6.92 Å². The third-order valence-electron chi connectivity index (χ3n) is 2.09. The Balaban J connectivity index is 3.91. The molecule has 1 N–H and O–H groups in total. The number of unbranched alkanes of at least 4 members (excludes halogenated alkanes) is 1. The lowest BCUT2D eigenvalue weighted by atomic mass is 10.3. The predicted molar refractivity (Wildman–Crippen MR) is 59.9 cm³/mol. The summed E-state index contributed by atoms with van der Waals surface area (Å²) in [6.45, 7) is 6.00. The van der Waals surface area contributed by atoms with Gasteiger partial charge in [0.1, 0.15) is 0 Å². The van der Waals surface area contributed by atoms with Crippen LogP contribution in [0.15, 0.2) is 0 Å². The first-order valence-corrected chi connectivity index (χ1v) is 6.80. The SMILES string of the molecule is CCCCN(C)S(=O)(=O)CCNCC. The van der Waals surface area contributed by atoms with Gasteiger partial charge in [0.2, 0.25) is 10.0 Å². The van der Waals surface area contributed by atoms with E-state index in [1.54, 1.807) is 7.05 Å². The maximum absolute atomic E-state index is 11.6. The van der Waals surface area contributed by atoms with Gasteiger partial charge in [0.05, 0.1) is 5.75 Å². The molecule has 0 fully saturated rings. The fourth-order valence-corrected chi connectivity index (χ4v) is 2.17. The van der Waals surface area contributed by atoms with Crippen LogP contribution in [0.25, 0.3) is 0 Å². The third kappa shape index (κ3) is 5.57. The maximum atomic E-state index is 11.6. The van der Waals surface area contributed by atoms with Gasteiger partial charge in [-0.05, 0) is 13.0 Å². The second kappa shape index (κ2) is 7.20. The summed E-state index contributed by atoms with van der Waals surface area (Å²) >= 11 is 0. The molecule has 0 heterocycles. The topological polar surface area (TPSA) is 49.4 Å². The molecule has 0 unspecified atom stereocenters. The van der Waals surface area contributed by atoms with Gasteiger partial charge in [-0.1, -0.05) is 20.3 Å². The zero-order valence-electron chi connectivity index (χ0n) is 9.41. The van der Waals surface area contributed by atoms with Crippen molar-refractivity contribution in [3.63, 3.8) is 0 Å². The summed E-state index contributed by atoms with van der Waals surface area (Å²) in [5, 5.41) is 3.01. The number of nitrogens with zero attached hydrogens (tertiary/aromatic N) is 1. The Morgan fingerprint density at radius 3 is 2.43 bits per heavy atom. The van der Waals surface area contributed by atoms with Crippen molar-refractivity contribution in [2.24, 2.45) is 0 Å². The van der Waals surface area contributed by atoms with Crippen LogP contribution in [0.1, 0.15) is 26.7 Å². The summed E-state index contributed by atoms with van der Waals surface area (Å²) in [5.41, 5.74) is 0. The van der Waals surface area contributed by atoms with Crippen LogP contribution < -0.4 is 5.32 Å². The van der Waals surface area contributed by atoms with Gasteiger partial charge >= 0.3 is 0 Å². The monoisotopic (exact) mass is 222 g/mol. The van der Waals surface area contributed by atoms with E-state index in [1.165, 1.54) is 4.31 Å². The second-order valence-electron chi connectivity index (χ2n) is 3.34. The lowest BCUT2D eigenvalue weighted by Crippen LogP contribution is -2.34. The fourth-order valence-electron chi connectivity index (χ4n) is 1.05. The van der Waals surface area contributed by atoms with E-state index >= 15 is 0 Å². The highest BCUT2D eigenvalue weighted by atomic mass is 32.2. The quantitative estimate of drug-likeness (QED) is 0.614. The molecule has 0 aliphatic carbocycles. The molecule has 0 amide bonds. The van der Waals surface area contributed by atoms with Gasteiger partial charge in [-0.15, -0.1) is 0 Å². The van der Waals surface area contributed by atoms with Gasteiger partial charge in [-0.2, -0.15) is 0 Å². The van der Waals surface area contributed by atoms with Crippen molar-refractivity contribution in [3.05, 3.63) is 0 Å². The first kappa shape index (κ1) is 13.9. The fraction of sp³-hybridized carbons (Fsp3) is 1.00. The Morgan fingerprint density at radius 1 is 1.29 bits per heavy atom. The molecule has 86 valence electrons. The average molecular weight is 222 g/mol. The Kier molecular flexibility index (Phi) is 7.13. The zero-order chi connectivity index (χ0) is 11.0. The van der Waals surface area contributed by atoms with Crippen LogP contribution >= 0.6 is 0 Å². The van der Waals surface area contributed by atoms with Crippen molar-refractivity contribution in [2.75, 3.05) is 32.4 Å². The van der Waals surface area contributed by atoms with Crippen LogP contribution in [0.5, 0.6) is 0 Å². The summed E-state index contributed by atoms with van der Waals surface area (Å²) in [4.78, 5) is 0. The van der Waals surface area contributed by atoms with Crippen LogP contribution in [0, 0.1) is 0 Å². The molecule has 0 aromatic carbocycles. The normalized spacial score (nSPS) is 12.3. The first-order valence-electron chi connectivity index (χ1n) is 5.19. The predicted octanol–water partition coefficient (Wildman–Crippen LogP) is 0.658. The number of nitrogens with one attached hydrogen (secondary N) is 1. The molecule has 0 saturated carbocycles. The van der Waals surface area contributed by atoms with E-state index in [0.29, 0.717) is 13.1 Å². The van der Waals surface area contributed by atoms with E-state index in [-0.39, 0.29) is 5.75 Å². The molecule has 0 aromatic heterocycles. The van der Waals surface area contributed by atoms with E-state index in [2.05, 4.69) is 12.2 Å². The number of hydrogen-bond donors (Lipinski definition) is 1. The molecular weight excluding hydrogens is 200 g/mol. The van der Waals surface area contributed by atoms with E-state index < -0.39 is 10.0 Å². The number of rotatable bonds is 8. The molecule has 0 bridgehead atoms. The van der Waals surface area contributed by atoms with Gasteiger partial charge in [0.15, 0.2) is 0 Å². The van der Waals surface area contributed by atoms with Crippen molar-refractivity contribution in [2.45, 2.75) is 26.7 Å². The minimum atomic E-state index is -3.03. The van der Waals surface area contributed by atoms with Crippen LogP contribution in [-0.4, -0.2) is 45.2 Å². The highest BCUT2D eigenvalue weighted by Gasteiger charge is 2.15. The summed E-state index contributed by atoms with van der Waals surface area (Å²) in [6, 6.07) is 0. The van der Waals surface area contributed by atoms with Gasteiger partial charge < -0.3 is 5.32 Å². The Bertz CT molecular complexity index is 227. The van der Waals surface area contributed by atoms with Crippen molar-refractivity contribution in [1.29, 1.82) is 0 Å². The smallest absolute Gasteiger partial charge is 0.215 e. The number of sulfonamides is 1. The Hall–Kier alpha value is -0.130. The van der Waals surface area contributed by atoms with Gasteiger partial charge in [0.25, 0.3) is 0 Å². The van der Waals surface area contributed by atoms with Crippen LogP contribution in [-0.2, 0) is 10.0 Å². The van der Waals surface area contributed by atoms with Crippen molar-refractivity contribution in [1.82, 2.24) is 9.62 Å². The van der Waals surface area contributed by atoms with Crippen molar-refractivity contribution >= 4 is 10.0 Å².